The van der Waals surface area contributed by atoms with Crippen molar-refractivity contribution in [1.29, 1.82) is 0 Å². The van der Waals surface area contributed by atoms with Crippen LogP contribution in [0.2, 0.25) is 0 Å². The summed E-state index contributed by atoms with van der Waals surface area (Å²) in [6.07, 6.45) is 0.176. The first kappa shape index (κ1) is 18.5. The minimum Gasteiger partial charge on any atom is -0.471 e. The smallest absolute Gasteiger partial charge is 0.272 e. The minimum atomic E-state index is -2.55. The Hall–Kier alpha value is -2.88. The number of alkyl halides is 2. The molecule has 0 N–H and O–H groups in total. The normalized spacial score (nSPS) is 16.6. The number of ether oxygens (including phenoxy) is 1. The van der Waals surface area contributed by atoms with Gasteiger partial charge in [-0.15, -0.1) is 0 Å². The maximum absolute atomic E-state index is 12.5. The average molecular weight is 390 g/mol. The molecule has 1 aliphatic heterocycles. The largest absolute Gasteiger partial charge is 0.471 e. The summed E-state index contributed by atoms with van der Waals surface area (Å²) in [5.74, 6) is 0.785. The number of anilines is 1. The molecule has 0 radical (unpaired) electrons. The Morgan fingerprint density at radius 3 is 2.64 bits per heavy atom. The van der Waals surface area contributed by atoms with E-state index >= 15 is 0 Å². The van der Waals surface area contributed by atoms with E-state index in [1.807, 2.05) is 25.1 Å². The quantitative estimate of drug-likeness (QED) is 0.635. The van der Waals surface area contributed by atoms with Crippen molar-refractivity contribution in [3.8, 4) is 5.88 Å². The fourth-order valence-corrected chi connectivity index (χ4v) is 3.36. The van der Waals surface area contributed by atoms with E-state index in [0.29, 0.717) is 16.8 Å². The van der Waals surface area contributed by atoms with Crippen LogP contribution in [0.3, 0.4) is 0 Å². The lowest BCUT2D eigenvalue weighted by molar-refractivity contribution is 0.0804. The van der Waals surface area contributed by atoms with Crippen LogP contribution in [0.15, 0.2) is 35.4 Å². The third-order valence-corrected chi connectivity index (χ3v) is 4.89. The van der Waals surface area contributed by atoms with Crippen molar-refractivity contribution in [2.75, 3.05) is 37.7 Å². The summed E-state index contributed by atoms with van der Waals surface area (Å²) in [6, 6.07) is 5.79. The fourth-order valence-electron chi connectivity index (χ4n) is 3.36. The zero-order valence-corrected chi connectivity index (χ0v) is 15.3. The summed E-state index contributed by atoms with van der Waals surface area (Å²) in [6.45, 7) is 4.64. The van der Waals surface area contributed by atoms with Gasteiger partial charge in [-0.05, 0) is 25.1 Å². The number of hydrogen-bond donors (Lipinski definition) is 0. The number of hydrogen-bond acceptors (Lipinski definition) is 8. The fraction of sp³-hybridized carbons (Fsp3) is 0.444. The Balaban J connectivity index is 1.48. The second-order valence-corrected chi connectivity index (χ2v) is 6.56. The highest BCUT2D eigenvalue weighted by molar-refractivity contribution is 5.86. The molecular formula is C18H20F2N6O2. The average Bonchev–Trinajstić information content (AvgIpc) is 3.26. The van der Waals surface area contributed by atoms with Crippen LogP contribution in [0, 0.1) is 0 Å². The van der Waals surface area contributed by atoms with E-state index in [1.165, 1.54) is 12.7 Å². The van der Waals surface area contributed by atoms with Gasteiger partial charge in [-0.1, -0.05) is 5.16 Å². The molecule has 1 saturated heterocycles. The van der Waals surface area contributed by atoms with Crippen LogP contribution in [0.1, 0.15) is 18.9 Å². The molecule has 2 aromatic heterocycles. The molecule has 8 nitrogen and oxygen atoms in total. The Morgan fingerprint density at radius 1 is 1.11 bits per heavy atom. The van der Waals surface area contributed by atoms with Crippen LogP contribution in [0.5, 0.6) is 5.88 Å². The molecule has 1 unspecified atom stereocenters. The molecule has 0 saturated carbocycles. The van der Waals surface area contributed by atoms with Gasteiger partial charge in [0.05, 0.1) is 16.9 Å². The monoisotopic (exact) mass is 390 g/mol. The Kier molecular flexibility index (Phi) is 5.29. The van der Waals surface area contributed by atoms with Crippen LogP contribution in [0.4, 0.5) is 14.5 Å². The van der Waals surface area contributed by atoms with E-state index in [9.17, 15) is 8.78 Å². The van der Waals surface area contributed by atoms with E-state index in [2.05, 4.69) is 29.9 Å². The number of aromatic nitrogens is 4. The van der Waals surface area contributed by atoms with Crippen molar-refractivity contribution in [2.24, 2.45) is 0 Å². The highest BCUT2D eigenvalue weighted by Crippen LogP contribution is 2.28. The van der Waals surface area contributed by atoms with Gasteiger partial charge in [-0.3, -0.25) is 4.90 Å². The van der Waals surface area contributed by atoms with E-state index in [-0.39, 0.29) is 11.9 Å². The molecular weight excluding hydrogens is 370 g/mol. The van der Waals surface area contributed by atoms with Crippen LogP contribution in [-0.4, -0.2) is 64.2 Å². The maximum Gasteiger partial charge on any atom is 0.272 e. The van der Waals surface area contributed by atoms with Crippen molar-refractivity contribution in [1.82, 2.24) is 25.0 Å². The van der Waals surface area contributed by atoms with E-state index < -0.39 is 13.0 Å². The van der Waals surface area contributed by atoms with Crippen molar-refractivity contribution >= 4 is 16.6 Å². The second-order valence-electron chi connectivity index (χ2n) is 6.56. The van der Waals surface area contributed by atoms with Gasteiger partial charge in [-0.25, -0.2) is 18.7 Å². The summed E-state index contributed by atoms with van der Waals surface area (Å²) in [5.41, 5.74) is 1.64. The van der Waals surface area contributed by atoms with Crippen molar-refractivity contribution in [3.05, 3.63) is 36.7 Å². The molecule has 4 rings (SSSR count). The molecule has 1 fully saturated rings. The van der Waals surface area contributed by atoms with Crippen molar-refractivity contribution < 1.29 is 18.0 Å². The Morgan fingerprint density at radius 2 is 1.93 bits per heavy atom. The van der Waals surface area contributed by atoms with E-state index in [4.69, 9.17) is 9.26 Å². The molecule has 148 valence electrons. The lowest BCUT2D eigenvalue weighted by Gasteiger charge is -2.38. The Bertz CT molecular complexity index is 916. The summed E-state index contributed by atoms with van der Waals surface area (Å²) >= 11 is 0. The molecule has 0 amide bonds. The summed E-state index contributed by atoms with van der Waals surface area (Å²) in [5, 5.41) is 4.30. The van der Waals surface area contributed by atoms with Gasteiger partial charge >= 0.3 is 0 Å². The van der Waals surface area contributed by atoms with Gasteiger partial charge in [-0.2, -0.15) is 4.98 Å². The first-order valence-electron chi connectivity index (χ1n) is 9.03. The minimum absolute atomic E-state index is 0.0593. The van der Waals surface area contributed by atoms with Crippen molar-refractivity contribution in [3.63, 3.8) is 0 Å². The highest BCUT2D eigenvalue weighted by atomic mass is 19.3. The predicted molar refractivity (Wildman–Crippen MR) is 97.5 cm³/mol. The highest BCUT2D eigenvalue weighted by Gasteiger charge is 2.25. The molecule has 0 bridgehead atoms. The topological polar surface area (TPSA) is 80.4 Å². The lowest BCUT2D eigenvalue weighted by atomic mass is 10.1. The molecule has 0 aliphatic carbocycles. The summed E-state index contributed by atoms with van der Waals surface area (Å²) in [4.78, 5) is 16.8. The third-order valence-electron chi connectivity index (χ3n) is 4.89. The Labute approximate surface area is 160 Å². The molecule has 3 aromatic rings. The van der Waals surface area contributed by atoms with E-state index in [0.717, 1.165) is 31.9 Å². The van der Waals surface area contributed by atoms with Crippen LogP contribution < -0.4 is 9.64 Å². The standard InChI is InChI=1S/C18H20F2N6O2/c1-12(17-23-11-24-28-17)25-4-6-26(7-5-25)13-2-3-15-14(8-13)18(22-10-21-15)27-9-16(19)20/h2-3,8,10-12,16H,4-7,9H2,1H3. The lowest BCUT2D eigenvalue weighted by Crippen LogP contribution is -2.47. The van der Waals surface area contributed by atoms with Crippen LogP contribution >= 0.6 is 0 Å². The number of benzene rings is 1. The number of halogens is 2. The maximum atomic E-state index is 12.5. The molecule has 10 heteroatoms. The molecule has 3 heterocycles. The molecule has 1 atom stereocenters. The molecule has 1 aliphatic rings. The van der Waals surface area contributed by atoms with Gasteiger partial charge in [0.2, 0.25) is 11.8 Å². The third kappa shape index (κ3) is 3.86. The van der Waals surface area contributed by atoms with Gasteiger partial charge in [0.15, 0.2) is 12.9 Å². The number of fused-ring (bicyclic) bond motifs is 1. The van der Waals surface area contributed by atoms with Gasteiger partial charge in [0.1, 0.15) is 6.33 Å². The second kappa shape index (κ2) is 8.01. The van der Waals surface area contributed by atoms with Gasteiger partial charge < -0.3 is 14.2 Å². The number of nitrogens with zero attached hydrogens (tertiary/aromatic N) is 6. The van der Waals surface area contributed by atoms with Crippen molar-refractivity contribution in [2.45, 2.75) is 19.4 Å². The van der Waals surface area contributed by atoms with Crippen LogP contribution in [0.25, 0.3) is 10.9 Å². The summed E-state index contributed by atoms with van der Waals surface area (Å²) in [7, 11) is 0. The zero-order chi connectivity index (χ0) is 19.5. The number of piperazine rings is 1. The predicted octanol–water partition coefficient (Wildman–Crippen LogP) is 2.54. The SMILES string of the molecule is CC(c1ncno1)N1CCN(c2ccc3ncnc(OCC(F)F)c3c2)CC1. The molecule has 0 spiro atoms. The van der Waals surface area contributed by atoms with E-state index in [1.54, 1.807) is 0 Å². The van der Waals surface area contributed by atoms with Gasteiger partial charge in [0, 0.05) is 31.9 Å². The van der Waals surface area contributed by atoms with Gasteiger partial charge in [0.25, 0.3) is 6.43 Å². The first-order chi connectivity index (χ1) is 13.6. The molecule has 1 aromatic carbocycles. The first-order valence-corrected chi connectivity index (χ1v) is 9.03. The zero-order valence-electron chi connectivity index (χ0n) is 15.3. The molecule has 28 heavy (non-hydrogen) atoms. The summed E-state index contributed by atoms with van der Waals surface area (Å²) < 4.78 is 35.3. The number of rotatable bonds is 6. The van der Waals surface area contributed by atoms with Crippen LogP contribution in [-0.2, 0) is 0 Å².